The van der Waals surface area contributed by atoms with Crippen molar-refractivity contribution < 1.29 is 14.3 Å². The Labute approximate surface area is 165 Å². The van der Waals surface area contributed by atoms with Gasteiger partial charge in [-0.15, -0.1) is 0 Å². The summed E-state index contributed by atoms with van der Waals surface area (Å²) in [6, 6.07) is 15.5. The lowest BCUT2D eigenvalue weighted by Crippen LogP contribution is -2.44. The van der Waals surface area contributed by atoms with Crippen molar-refractivity contribution in [3.8, 4) is 5.75 Å². The standard InChI is InChI=1S/C22H24ClNO3/c1-26-20-4-2-3-17(15-20)5-10-21(25)24-16-22(11-13-27-14-12-22)18-6-8-19(23)9-7-18/h2-10,15H,11-14,16H2,1H3,(H,24,25). The smallest absolute Gasteiger partial charge is 0.244 e. The first-order valence-corrected chi connectivity index (χ1v) is 9.43. The maximum Gasteiger partial charge on any atom is 0.244 e. The molecular weight excluding hydrogens is 362 g/mol. The lowest BCUT2D eigenvalue weighted by molar-refractivity contribution is -0.116. The minimum atomic E-state index is -0.123. The second-order valence-electron chi connectivity index (χ2n) is 6.73. The van der Waals surface area contributed by atoms with Crippen molar-refractivity contribution >= 4 is 23.6 Å². The van der Waals surface area contributed by atoms with Gasteiger partial charge in [-0.25, -0.2) is 0 Å². The fourth-order valence-corrected chi connectivity index (χ4v) is 3.49. The summed E-state index contributed by atoms with van der Waals surface area (Å²) in [4.78, 5) is 12.4. The summed E-state index contributed by atoms with van der Waals surface area (Å²) in [5.74, 6) is 0.652. The molecule has 142 valence electrons. The monoisotopic (exact) mass is 385 g/mol. The van der Waals surface area contributed by atoms with Gasteiger partial charge in [0.1, 0.15) is 5.75 Å². The first-order valence-electron chi connectivity index (χ1n) is 9.05. The predicted octanol–water partition coefficient (Wildman–Crippen LogP) is 4.23. The van der Waals surface area contributed by atoms with Crippen molar-refractivity contribution in [2.45, 2.75) is 18.3 Å². The highest BCUT2D eigenvalue weighted by Crippen LogP contribution is 2.34. The minimum absolute atomic E-state index is 0.113. The van der Waals surface area contributed by atoms with Gasteiger partial charge in [-0.3, -0.25) is 4.79 Å². The van der Waals surface area contributed by atoms with E-state index in [1.165, 1.54) is 5.56 Å². The van der Waals surface area contributed by atoms with Gasteiger partial charge in [0, 0.05) is 36.3 Å². The second-order valence-corrected chi connectivity index (χ2v) is 7.16. The molecule has 3 rings (SSSR count). The van der Waals surface area contributed by atoms with Crippen LogP contribution in [0.3, 0.4) is 0 Å². The molecule has 0 radical (unpaired) electrons. The van der Waals surface area contributed by atoms with E-state index in [-0.39, 0.29) is 11.3 Å². The molecule has 1 N–H and O–H groups in total. The molecule has 0 spiro atoms. The van der Waals surface area contributed by atoms with E-state index < -0.39 is 0 Å². The molecule has 0 aromatic heterocycles. The molecular formula is C22H24ClNO3. The zero-order valence-electron chi connectivity index (χ0n) is 15.4. The van der Waals surface area contributed by atoms with Gasteiger partial charge in [0.2, 0.25) is 5.91 Å². The zero-order valence-corrected chi connectivity index (χ0v) is 16.2. The molecule has 0 unspecified atom stereocenters. The molecule has 0 saturated carbocycles. The fraction of sp³-hybridized carbons (Fsp3) is 0.318. The first-order chi connectivity index (χ1) is 13.1. The predicted molar refractivity (Wildman–Crippen MR) is 108 cm³/mol. The maximum absolute atomic E-state index is 12.4. The molecule has 1 saturated heterocycles. The van der Waals surface area contributed by atoms with Gasteiger partial charge in [0.05, 0.1) is 7.11 Å². The number of carbonyl (C=O) groups excluding carboxylic acids is 1. The Hall–Kier alpha value is -2.30. The molecule has 1 fully saturated rings. The molecule has 2 aromatic carbocycles. The molecule has 1 heterocycles. The number of ether oxygens (including phenoxy) is 2. The van der Waals surface area contributed by atoms with Crippen molar-refractivity contribution in [1.82, 2.24) is 5.32 Å². The van der Waals surface area contributed by atoms with Gasteiger partial charge in [0.15, 0.2) is 0 Å². The number of benzene rings is 2. The number of amides is 1. The molecule has 1 amide bonds. The number of carbonyl (C=O) groups is 1. The van der Waals surface area contributed by atoms with Crippen LogP contribution in [0.4, 0.5) is 0 Å². The Kier molecular flexibility index (Phi) is 6.54. The Morgan fingerprint density at radius 1 is 1.22 bits per heavy atom. The summed E-state index contributed by atoms with van der Waals surface area (Å²) in [5, 5.41) is 3.77. The van der Waals surface area contributed by atoms with Crippen LogP contribution in [0.5, 0.6) is 5.75 Å². The van der Waals surface area contributed by atoms with Crippen LogP contribution in [0.2, 0.25) is 5.02 Å². The van der Waals surface area contributed by atoms with Crippen LogP contribution in [0, 0.1) is 0 Å². The highest BCUT2D eigenvalue weighted by Gasteiger charge is 2.34. The van der Waals surface area contributed by atoms with Crippen LogP contribution in [0.15, 0.2) is 54.6 Å². The molecule has 0 atom stereocenters. The van der Waals surface area contributed by atoms with Crippen molar-refractivity contribution in [2.75, 3.05) is 26.9 Å². The van der Waals surface area contributed by atoms with Crippen molar-refractivity contribution in [3.05, 3.63) is 70.8 Å². The maximum atomic E-state index is 12.4. The Morgan fingerprint density at radius 2 is 1.96 bits per heavy atom. The minimum Gasteiger partial charge on any atom is -0.497 e. The molecule has 0 aliphatic carbocycles. The summed E-state index contributed by atoms with van der Waals surface area (Å²) in [7, 11) is 1.62. The van der Waals surface area contributed by atoms with E-state index in [4.69, 9.17) is 21.1 Å². The molecule has 1 aliphatic rings. The number of nitrogens with one attached hydrogen (secondary N) is 1. The van der Waals surface area contributed by atoms with E-state index in [1.807, 2.05) is 48.5 Å². The SMILES string of the molecule is COc1cccc(C=CC(=O)NCC2(c3ccc(Cl)cc3)CCOCC2)c1. The molecule has 1 aliphatic heterocycles. The zero-order chi connectivity index (χ0) is 19.1. The van der Waals surface area contributed by atoms with Crippen molar-refractivity contribution in [3.63, 3.8) is 0 Å². The topological polar surface area (TPSA) is 47.6 Å². The quantitative estimate of drug-likeness (QED) is 0.757. The van der Waals surface area contributed by atoms with E-state index in [1.54, 1.807) is 19.3 Å². The summed E-state index contributed by atoms with van der Waals surface area (Å²) in [5.41, 5.74) is 1.98. The summed E-state index contributed by atoms with van der Waals surface area (Å²) >= 11 is 6.03. The fourth-order valence-electron chi connectivity index (χ4n) is 3.37. The highest BCUT2D eigenvalue weighted by molar-refractivity contribution is 6.30. The van der Waals surface area contributed by atoms with Crippen molar-refractivity contribution in [2.24, 2.45) is 0 Å². The van der Waals surface area contributed by atoms with Crippen LogP contribution in [0.25, 0.3) is 6.08 Å². The largest absolute Gasteiger partial charge is 0.497 e. The Morgan fingerprint density at radius 3 is 2.67 bits per heavy atom. The van der Waals surface area contributed by atoms with Gasteiger partial charge >= 0.3 is 0 Å². The first kappa shape index (κ1) is 19.5. The van der Waals surface area contributed by atoms with Gasteiger partial charge in [-0.2, -0.15) is 0 Å². The third-order valence-corrected chi connectivity index (χ3v) is 5.28. The normalized spacial score (nSPS) is 16.2. The summed E-state index contributed by atoms with van der Waals surface area (Å²) in [6.45, 7) is 1.95. The van der Waals surface area contributed by atoms with Gasteiger partial charge < -0.3 is 14.8 Å². The molecule has 5 heteroatoms. The van der Waals surface area contributed by atoms with E-state index >= 15 is 0 Å². The molecule has 2 aromatic rings. The van der Waals surface area contributed by atoms with Gasteiger partial charge in [-0.05, 0) is 54.3 Å². The molecule has 0 bridgehead atoms. The van der Waals surface area contributed by atoms with E-state index in [9.17, 15) is 4.79 Å². The summed E-state index contributed by atoms with van der Waals surface area (Å²) in [6.07, 6.45) is 5.09. The third-order valence-electron chi connectivity index (χ3n) is 5.03. The number of halogens is 1. The van der Waals surface area contributed by atoms with Gasteiger partial charge in [-0.1, -0.05) is 35.9 Å². The average Bonchev–Trinajstić information content (AvgIpc) is 2.72. The van der Waals surface area contributed by atoms with Crippen LogP contribution in [0.1, 0.15) is 24.0 Å². The van der Waals surface area contributed by atoms with E-state index in [0.29, 0.717) is 24.8 Å². The molecule has 27 heavy (non-hydrogen) atoms. The van der Waals surface area contributed by atoms with Crippen LogP contribution in [-0.4, -0.2) is 32.8 Å². The highest BCUT2D eigenvalue weighted by atomic mass is 35.5. The number of methoxy groups -OCH3 is 1. The van der Waals surface area contributed by atoms with Crippen LogP contribution >= 0.6 is 11.6 Å². The lowest BCUT2D eigenvalue weighted by Gasteiger charge is -2.37. The van der Waals surface area contributed by atoms with Crippen LogP contribution in [-0.2, 0) is 14.9 Å². The second kappa shape index (κ2) is 9.07. The summed E-state index contributed by atoms with van der Waals surface area (Å²) < 4.78 is 10.7. The average molecular weight is 386 g/mol. The van der Waals surface area contributed by atoms with Crippen LogP contribution < -0.4 is 10.1 Å². The molecule has 4 nitrogen and oxygen atoms in total. The Balaban J connectivity index is 1.67. The van der Waals surface area contributed by atoms with Crippen molar-refractivity contribution in [1.29, 1.82) is 0 Å². The van der Waals surface area contributed by atoms with E-state index in [2.05, 4.69) is 5.32 Å². The lowest BCUT2D eigenvalue weighted by atomic mass is 9.74. The Bertz CT molecular complexity index is 795. The number of hydrogen-bond acceptors (Lipinski definition) is 3. The van der Waals surface area contributed by atoms with Gasteiger partial charge in [0.25, 0.3) is 0 Å². The third kappa shape index (κ3) is 5.12. The number of rotatable bonds is 6. The number of hydrogen-bond donors (Lipinski definition) is 1. The van der Waals surface area contributed by atoms with E-state index in [0.717, 1.165) is 24.2 Å².